The predicted octanol–water partition coefficient (Wildman–Crippen LogP) is 16.1. The van der Waals surface area contributed by atoms with Gasteiger partial charge < -0.3 is 14.2 Å². The Hall–Kier alpha value is -4.19. The van der Waals surface area contributed by atoms with Crippen LogP contribution in [0.1, 0.15) is 194 Å². The Kier molecular flexibility index (Phi) is 46.1. The number of hydrogen-bond acceptors (Lipinski definition) is 6. The molecule has 0 aliphatic carbocycles. The summed E-state index contributed by atoms with van der Waals surface area (Å²) in [6.45, 7) is 6.25. The monoisotopic (exact) mass is 857 g/mol. The molecule has 0 aromatic carbocycles. The van der Waals surface area contributed by atoms with E-state index in [1.54, 1.807) is 0 Å². The maximum Gasteiger partial charge on any atom is 0.306 e. The summed E-state index contributed by atoms with van der Waals surface area (Å²) in [6.07, 6.45) is 67.6. The zero-order valence-electron chi connectivity index (χ0n) is 39.6. The molecule has 0 fully saturated rings. The van der Waals surface area contributed by atoms with E-state index >= 15 is 0 Å². The van der Waals surface area contributed by atoms with Crippen LogP contribution in [0.25, 0.3) is 0 Å². The molecule has 6 nitrogen and oxygen atoms in total. The molecule has 0 aliphatic rings. The van der Waals surface area contributed by atoms with Gasteiger partial charge >= 0.3 is 17.9 Å². The lowest BCUT2D eigenvalue weighted by Crippen LogP contribution is -2.30. The number of unbranched alkanes of at least 4 members (excludes halogenated alkanes) is 12. The molecule has 0 rings (SSSR count). The van der Waals surface area contributed by atoms with Crippen LogP contribution in [0.2, 0.25) is 0 Å². The molecule has 62 heavy (non-hydrogen) atoms. The minimum atomic E-state index is -0.821. The number of rotatable bonds is 42. The molecule has 0 bridgehead atoms. The van der Waals surface area contributed by atoms with Crippen molar-refractivity contribution in [2.24, 2.45) is 0 Å². The van der Waals surface area contributed by atoms with Gasteiger partial charge in [0, 0.05) is 19.3 Å². The van der Waals surface area contributed by atoms with Crippen LogP contribution in [0.5, 0.6) is 0 Å². The summed E-state index contributed by atoms with van der Waals surface area (Å²) in [4.78, 5) is 37.9. The molecule has 1 unspecified atom stereocenters. The standard InChI is InChI=1S/C56H88O6/c1-4-7-10-13-16-19-22-24-26-28-30-31-34-37-40-43-46-49-55(58)61-52-53(51-60-54(57)48-45-42-39-36-33-21-18-15-12-9-6-3)62-56(59)50-47-44-41-38-35-32-29-27-25-23-20-17-14-11-8-5-2/h7-8,10-11,15-21,24-27,30-31,33,37,40,53H,4-6,9,12-14,22-23,28-29,32,34-36,38-39,41-52H2,1-3H3/b10-7-,11-8-,18-15-,19-16-,20-17-,26-24-,27-25-,31-30-,33-21-,40-37-. The minimum Gasteiger partial charge on any atom is -0.462 e. The summed E-state index contributed by atoms with van der Waals surface area (Å²) in [7, 11) is 0. The van der Waals surface area contributed by atoms with E-state index in [0.29, 0.717) is 19.3 Å². The normalized spacial score (nSPS) is 13.1. The van der Waals surface area contributed by atoms with Gasteiger partial charge in [0.1, 0.15) is 13.2 Å². The molecule has 0 saturated heterocycles. The van der Waals surface area contributed by atoms with Gasteiger partial charge in [-0.15, -0.1) is 0 Å². The molecular formula is C56H88O6. The van der Waals surface area contributed by atoms with E-state index in [9.17, 15) is 14.4 Å². The average Bonchev–Trinajstić information content (AvgIpc) is 3.27. The van der Waals surface area contributed by atoms with Crippen molar-refractivity contribution in [2.75, 3.05) is 13.2 Å². The topological polar surface area (TPSA) is 78.9 Å². The number of ether oxygens (including phenoxy) is 3. The highest BCUT2D eigenvalue weighted by Gasteiger charge is 2.19. The van der Waals surface area contributed by atoms with Crippen molar-refractivity contribution >= 4 is 17.9 Å². The van der Waals surface area contributed by atoms with E-state index < -0.39 is 6.10 Å². The van der Waals surface area contributed by atoms with E-state index in [-0.39, 0.29) is 37.5 Å². The highest BCUT2D eigenvalue weighted by atomic mass is 16.6. The van der Waals surface area contributed by atoms with Gasteiger partial charge in [0.05, 0.1) is 0 Å². The van der Waals surface area contributed by atoms with Crippen molar-refractivity contribution < 1.29 is 28.6 Å². The van der Waals surface area contributed by atoms with E-state index in [0.717, 1.165) is 122 Å². The van der Waals surface area contributed by atoms with Crippen molar-refractivity contribution in [3.05, 3.63) is 122 Å². The smallest absolute Gasteiger partial charge is 0.306 e. The molecule has 6 heteroatoms. The van der Waals surface area contributed by atoms with Crippen molar-refractivity contribution in [1.82, 2.24) is 0 Å². The number of carbonyl (C=O) groups is 3. The molecule has 0 amide bonds. The molecule has 0 radical (unpaired) electrons. The van der Waals surface area contributed by atoms with Gasteiger partial charge in [-0.3, -0.25) is 14.4 Å². The van der Waals surface area contributed by atoms with Crippen LogP contribution in [0.15, 0.2) is 122 Å². The van der Waals surface area contributed by atoms with Crippen LogP contribution in [-0.4, -0.2) is 37.2 Å². The van der Waals surface area contributed by atoms with Crippen molar-refractivity contribution in [3.63, 3.8) is 0 Å². The zero-order chi connectivity index (χ0) is 45.1. The van der Waals surface area contributed by atoms with Crippen LogP contribution in [0.4, 0.5) is 0 Å². The molecular weight excluding hydrogens is 769 g/mol. The minimum absolute atomic E-state index is 0.119. The first-order valence-electron chi connectivity index (χ1n) is 24.6. The highest BCUT2D eigenvalue weighted by molar-refractivity contribution is 5.71. The second-order valence-corrected chi connectivity index (χ2v) is 15.6. The van der Waals surface area contributed by atoms with Crippen molar-refractivity contribution in [2.45, 2.75) is 200 Å². The molecule has 0 aromatic rings. The average molecular weight is 857 g/mol. The van der Waals surface area contributed by atoms with Gasteiger partial charge in [0.2, 0.25) is 0 Å². The van der Waals surface area contributed by atoms with Crippen LogP contribution >= 0.6 is 0 Å². The Morgan fingerprint density at radius 2 is 0.694 bits per heavy atom. The fourth-order valence-electron chi connectivity index (χ4n) is 6.05. The van der Waals surface area contributed by atoms with E-state index in [2.05, 4.69) is 142 Å². The summed E-state index contributed by atoms with van der Waals surface area (Å²) in [5.74, 6) is -1.03. The van der Waals surface area contributed by atoms with Gasteiger partial charge in [0.25, 0.3) is 0 Å². The molecule has 0 aliphatic heterocycles. The summed E-state index contributed by atoms with van der Waals surface area (Å²) in [5.41, 5.74) is 0. The van der Waals surface area contributed by atoms with Crippen LogP contribution in [0, 0.1) is 0 Å². The maximum absolute atomic E-state index is 12.8. The summed E-state index contributed by atoms with van der Waals surface area (Å²) >= 11 is 0. The third-order valence-corrected chi connectivity index (χ3v) is 9.71. The maximum atomic E-state index is 12.8. The fourth-order valence-corrected chi connectivity index (χ4v) is 6.05. The number of hydrogen-bond donors (Lipinski definition) is 0. The predicted molar refractivity (Wildman–Crippen MR) is 265 cm³/mol. The molecule has 1 atom stereocenters. The third-order valence-electron chi connectivity index (χ3n) is 9.71. The zero-order valence-corrected chi connectivity index (χ0v) is 39.6. The molecule has 0 N–H and O–H groups in total. The molecule has 0 heterocycles. The second kappa shape index (κ2) is 49.5. The molecule has 348 valence electrons. The number of esters is 3. The Bertz CT molecular complexity index is 1350. The lowest BCUT2D eigenvalue weighted by atomic mass is 10.1. The van der Waals surface area contributed by atoms with Crippen LogP contribution in [-0.2, 0) is 28.6 Å². The Morgan fingerprint density at radius 3 is 1.16 bits per heavy atom. The highest BCUT2D eigenvalue weighted by Crippen LogP contribution is 2.12. The first kappa shape index (κ1) is 57.8. The summed E-state index contributed by atoms with van der Waals surface area (Å²) in [6, 6.07) is 0. The van der Waals surface area contributed by atoms with Crippen LogP contribution < -0.4 is 0 Å². The van der Waals surface area contributed by atoms with Gasteiger partial charge in [-0.1, -0.05) is 187 Å². The van der Waals surface area contributed by atoms with Gasteiger partial charge in [-0.25, -0.2) is 0 Å². The summed E-state index contributed by atoms with van der Waals surface area (Å²) < 4.78 is 16.7. The number of allylic oxidation sites excluding steroid dienone is 20. The summed E-state index contributed by atoms with van der Waals surface area (Å²) in [5, 5.41) is 0. The SMILES string of the molecule is CC/C=C\C/C=C\C/C=C\C/C=C\C/C=C\CCCC(=O)OCC(COC(=O)CCCCC/C=C\C=C/CCCC)OC(=O)CCCCCCCC/C=C\C/C=C\C/C=C\CC. The van der Waals surface area contributed by atoms with Gasteiger partial charge in [-0.2, -0.15) is 0 Å². The lowest BCUT2D eigenvalue weighted by molar-refractivity contribution is -0.167. The second-order valence-electron chi connectivity index (χ2n) is 15.6. The largest absolute Gasteiger partial charge is 0.462 e. The fraction of sp³-hybridized carbons (Fsp3) is 0.589. The molecule has 0 spiro atoms. The van der Waals surface area contributed by atoms with Gasteiger partial charge in [0.15, 0.2) is 6.10 Å². The first-order chi connectivity index (χ1) is 30.5. The Labute approximate surface area is 380 Å². The van der Waals surface area contributed by atoms with Crippen molar-refractivity contribution in [1.29, 1.82) is 0 Å². The van der Waals surface area contributed by atoms with E-state index in [1.165, 1.54) is 25.7 Å². The van der Waals surface area contributed by atoms with Crippen LogP contribution in [0.3, 0.4) is 0 Å². The lowest BCUT2D eigenvalue weighted by Gasteiger charge is -2.18. The van der Waals surface area contributed by atoms with E-state index in [1.807, 2.05) is 0 Å². The van der Waals surface area contributed by atoms with E-state index in [4.69, 9.17) is 14.2 Å². The Morgan fingerprint density at radius 1 is 0.355 bits per heavy atom. The quantitative estimate of drug-likeness (QED) is 0.0200. The first-order valence-corrected chi connectivity index (χ1v) is 24.6. The number of carbonyl (C=O) groups excluding carboxylic acids is 3. The molecule has 0 aromatic heterocycles. The van der Waals surface area contributed by atoms with Gasteiger partial charge in [-0.05, 0) is 109 Å². The Balaban J connectivity index is 4.54. The third kappa shape index (κ3) is 46.9. The van der Waals surface area contributed by atoms with Crippen molar-refractivity contribution in [3.8, 4) is 0 Å². The molecule has 0 saturated carbocycles.